The maximum atomic E-state index is 5.29. The zero-order valence-electron chi connectivity index (χ0n) is 29.5. The van der Waals surface area contributed by atoms with E-state index in [0.717, 1.165) is 39.2 Å². The monoisotopic (exact) mass is 686 g/mol. The van der Waals surface area contributed by atoms with Crippen LogP contribution in [0.3, 0.4) is 0 Å². The largest absolute Gasteiger partial charge is 0.228 e. The average molecular weight is 687 g/mol. The summed E-state index contributed by atoms with van der Waals surface area (Å²) in [6, 6.07) is 73.5. The van der Waals surface area contributed by atoms with Crippen molar-refractivity contribution in [3.8, 4) is 67.3 Å². The fourth-order valence-electron chi connectivity index (χ4n) is 7.77. The molecule has 0 fully saturated rings. The highest BCUT2D eigenvalue weighted by atomic mass is 14.9. The van der Waals surface area contributed by atoms with Gasteiger partial charge in [-0.1, -0.05) is 176 Å². The lowest BCUT2D eigenvalue weighted by atomic mass is 9.89. The van der Waals surface area contributed by atoms with E-state index in [2.05, 4.69) is 200 Å². The third kappa shape index (κ3) is 5.81. The van der Waals surface area contributed by atoms with Gasteiger partial charge in [0.05, 0.1) is 11.4 Å². The highest BCUT2D eigenvalue weighted by Gasteiger charge is 2.16. The van der Waals surface area contributed by atoms with Gasteiger partial charge in [-0.15, -0.1) is 0 Å². The van der Waals surface area contributed by atoms with Crippen LogP contribution < -0.4 is 0 Å². The average Bonchev–Trinajstić information content (AvgIpc) is 3.26. The van der Waals surface area contributed by atoms with Gasteiger partial charge in [0.1, 0.15) is 0 Å². The molecular weight excluding hydrogens is 653 g/mol. The highest BCUT2D eigenvalue weighted by molar-refractivity contribution is 6.20. The molecule has 2 nitrogen and oxygen atoms in total. The predicted octanol–water partition coefficient (Wildman–Crippen LogP) is 13.9. The molecule has 0 amide bonds. The van der Waals surface area contributed by atoms with Gasteiger partial charge in [0.25, 0.3) is 0 Å². The number of hydrogen-bond acceptors (Lipinski definition) is 2. The van der Waals surface area contributed by atoms with Crippen molar-refractivity contribution in [3.63, 3.8) is 0 Å². The zero-order valence-corrected chi connectivity index (χ0v) is 29.5. The molecule has 0 saturated heterocycles. The molecule has 0 bridgehead atoms. The van der Waals surface area contributed by atoms with Gasteiger partial charge in [0.15, 0.2) is 5.82 Å². The molecule has 0 radical (unpaired) electrons. The van der Waals surface area contributed by atoms with E-state index in [0.29, 0.717) is 5.82 Å². The summed E-state index contributed by atoms with van der Waals surface area (Å²) in [6.07, 6.45) is 0. The molecule has 0 aliphatic rings. The maximum absolute atomic E-state index is 5.29. The van der Waals surface area contributed by atoms with Crippen LogP contribution in [0.4, 0.5) is 0 Å². The number of nitrogens with zero attached hydrogens (tertiary/aromatic N) is 2. The highest BCUT2D eigenvalue weighted by Crippen LogP contribution is 2.40. The van der Waals surface area contributed by atoms with Crippen LogP contribution in [-0.2, 0) is 0 Å². The van der Waals surface area contributed by atoms with Crippen molar-refractivity contribution < 1.29 is 0 Å². The third-order valence-electron chi connectivity index (χ3n) is 10.4. The van der Waals surface area contributed by atoms with E-state index in [1.165, 1.54) is 54.6 Å². The molecule has 0 saturated carbocycles. The first kappa shape index (κ1) is 31.6. The quantitative estimate of drug-likeness (QED) is 0.129. The molecule has 10 rings (SSSR count). The summed E-state index contributed by atoms with van der Waals surface area (Å²) in [5, 5.41) is 7.50. The normalized spacial score (nSPS) is 11.3. The second kappa shape index (κ2) is 13.4. The SMILES string of the molecule is c1ccc(-c2cc(-c3ccccc3)cc(-c3cc(-c4ccccc4)nc(-c4ccc(-c5c6ccccc6cc6c5ccc5ccccc56)cc4)n3)c2)cc1. The lowest BCUT2D eigenvalue weighted by molar-refractivity contribution is 1.18. The van der Waals surface area contributed by atoms with Gasteiger partial charge in [-0.25, -0.2) is 9.97 Å². The Labute approximate surface area is 314 Å². The van der Waals surface area contributed by atoms with E-state index in [-0.39, 0.29) is 0 Å². The van der Waals surface area contributed by atoms with Gasteiger partial charge >= 0.3 is 0 Å². The summed E-state index contributed by atoms with van der Waals surface area (Å²) in [4.78, 5) is 10.5. The van der Waals surface area contributed by atoms with Crippen molar-refractivity contribution in [2.45, 2.75) is 0 Å². The Morgan fingerprint density at radius 2 is 0.741 bits per heavy atom. The Morgan fingerprint density at radius 3 is 1.39 bits per heavy atom. The first-order chi connectivity index (χ1) is 26.7. The van der Waals surface area contributed by atoms with Crippen LogP contribution in [0.25, 0.3) is 99.6 Å². The standard InChI is InChI=1S/C52H34N2/c1-4-14-35(15-5-1)42-30-43(36-16-6-2-7-17-36)32-44(31-42)50-34-49(38-19-8-3-9-20-38)53-52(54-50)40-26-24-39(25-27-40)51-46-23-13-11-21-41(46)33-48-45-22-12-10-18-37(45)28-29-47(48)51/h1-34H. The molecule has 9 aromatic carbocycles. The minimum Gasteiger partial charge on any atom is -0.228 e. The van der Waals surface area contributed by atoms with Crippen molar-refractivity contribution in [1.82, 2.24) is 9.97 Å². The molecule has 1 heterocycles. The summed E-state index contributed by atoms with van der Waals surface area (Å²) in [6.45, 7) is 0. The van der Waals surface area contributed by atoms with Gasteiger partial charge in [-0.05, 0) is 96.0 Å². The topological polar surface area (TPSA) is 25.8 Å². The van der Waals surface area contributed by atoms with E-state index in [1.807, 2.05) is 6.07 Å². The van der Waals surface area contributed by atoms with Crippen molar-refractivity contribution in [2.75, 3.05) is 0 Å². The van der Waals surface area contributed by atoms with E-state index in [4.69, 9.17) is 9.97 Å². The van der Waals surface area contributed by atoms with Gasteiger partial charge < -0.3 is 0 Å². The van der Waals surface area contributed by atoms with Crippen LogP contribution in [0.5, 0.6) is 0 Å². The van der Waals surface area contributed by atoms with Crippen LogP contribution in [0.2, 0.25) is 0 Å². The molecule has 2 heteroatoms. The van der Waals surface area contributed by atoms with Gasteiger partial charge in [0.2, 0.25) is 0 Å². The maximum Gasteiger partial charge on any atom is 0.160 e. The molecule has 252 valence electrons. The van der Waals surface area contributed by atoms with E-state index in [9.17, 15) is 0 Å². The van der Waals surface area contributed by atoms with Crippen molar-refractivity contribution in [2.24, 2.45) is 0 Å². The Hall–Kier alpha value is -7.16. The Kier molecular flexibility index (Phi) is 7.85. The fraction of sp³-hybridized carbons (Fsp3) is 0. The second-order valence-corrected chi connectivity index (χ2v) is 13.8. The number of fused-ring (bicyclic) bond motifs is 4. The minimum atomic E-state index is 0.693. The Bertz CT molecular complexity index is 2890. The Morgan fingerprint density at radius 1 is 0.241 bits per heavy atom. The van der Waals surface area contributed by atoms with Crippen molar-refractivity contribution in [3.05, 3.63) is 206 Å². The van der Waals surface area contributed by atoms with E-state index in [1.54, 1.807) is 0 Å². The molecule has 1 aromatic heterocycles. The lowest BCUT2D eigenvalue weighted by Crippen LogP contribution is -1.97. The van der Waals surface area contributed by atoms with E-state index < -0.39 is 0 Å². The lowest BCUT2D eigenvalue weighted by Gasteiger charge is -2.15. The van der Waals surface area contributed by atoms with Crippen LogP contribution in [0, 0.1) is 0 Å². The summed E-state index contributed by atoms with van der Waals surface area (Å²) in [7, 11) is 0. The van der Waals surface area contributed by atoms with E-state index >= 15 is 0 Å². The molecule has 10 aromatic rings. The predicted molar refractivity (Wildman–Crippen MR) is 227 cm³/mol. The smallest absolute Gasteiger partial charge is 0.160 e. The molecular formula is C52H34N2. The molecule has 0 atom stereocenters. The summed E-state index contributed by atoms with van der Waals surface area (Å²) in [5.74, 6) is 0.693. The molecule has 0 aliphatic heterocycles. The molecule has 54 heavy (non-hydrogen) atoms. The third-order valence-corrected chi connectivity index (χ3v) is 10.4. The first-order valence-corrected chi connectivity index (χ1v) is 18.4. The molecule has 0 N–H and O–H groups in total. The number of benzene rings is 9. The van der Waals surface area contributed by atoms with Crippen LogP contribution in [-0.4, -0.2) is 9.97 Å². The molecule has 0 unspecified atom stereocenters. The first-order valence-electron chi connectivity index (χ1n) is 18.4. The number of aromatic nitrogens is 2. The summed E-state index contributed by atoms with van der Waals surface area (Å²) >= 11 is 0. The molecule has 0 aliphatic carbocycles. The summed E-state index contributed by atoms with van der Waals surface area (Å²) < 4.78 is 0. The Balaban J connectivity index is 1.14. The van der Waals surface area contributed by atoms with Crippen LogP contribution in [0.15, 0.2) is 206 Å². The zero-order chi connectivity index (χ0) is 35.8. The van der Waals surface area contributed by atoms with Gasteiger partial charge in [0, 0.05) is 16.7 Å². The van der Waals surface area contributed by atoms with Crippen molar-refractivity contribution >= 4 is 32.3 Å². The van der Waals surface area contributed by atoms with Crippen LogP contribution >= 0.6 is 0 Å². The second-order valence-electron chi connectivity index (χ2n) is 13.8. The fourth-order valence-corrected chi connectivity index (χ4v) is 7.77. The number of hydrogen-bond donors (Lipinski definition) is 0. The van der Waals surface area contributed by atoms with Gasteiger partial charge in [-0.2, -0.15) is 0 Å². The van der Waals surface area contributed by atoms with Gasteiger partial charge in [-0.3, -0.25) is 0 Å². The van der Waals surface area contributed by atoms with Crippen LogP contribution in [0.1, 0.15) is 0 Å². The van der Waals surface area contributed by atoms with Crippen molar-refractivity contribution in [1.29, 1.82) is 0 Å². The summed E-state index contributed by atoms with van der Waals surface area (Å²) in [5.41, 5.74) is 11.9. The molecule has 0 spiro atoms. The minimum absolute atomic E-state index is 0.693. The number of rotatable bonds is 6.